The number of hydrogen-bond acceptors (Lipinski definition) is 5. The Morgan fingerprint density at radius 1 is 0.967 bits per heavy atom. The van der Waals surface area contributed by atoms with Crippen LogP contribution in [0.1, 0.15) is 21.5 Å². The summed E-state index contributed by atoms with van der Waals surface area (Å²) in [6.45, 7) is 2.54. The molecule has 0 spiro atoms. The minimum Gasteiger partial charge on any atom is -0.486 e. The zero-order valence-electron chi connectivity index (χ0n) is 16.0. The highest BCUT2D eigenvalue weighted by molar-refractivity contribution is 7.92. The summed E-state index contributed by atoms with van der Waals surface area (Å²) in [7, 11) is -3.93. The molecule has 3 aromatic carbocycles. The van der Waals surface area contributed by atoms with Crippen LogP contribution < -0.4 is 14.2 Å². The molecule has 8 heteroatoms. The predicted molar refractivity (Wildman–Crippen MR) is 114 cm³/mol. The van der Waals surface area contributed by atoms with Gasteiger partial charge in [0.15, 0.2) is 17.3 Å². The normalized spacial score (nSPS) is 13.0. The first-order chi connectivity index (χ1) is 14.3. The summed E-state index contributed by atoms with van der Waals surface area (Å²) < 4.78 is 39.5. The first kappa shape index (κ1) is 20.3. The number of aryl methyl sites for hydroxylation is 1. The molecule has 0 fully saturated rings. The third kappa shape index (κ3) is 4.13. The van der Waals surface area contributed by atoms with Gasteiger partial charge in [-0.1, -0.05) is 41.4 Å². The Morgan fingerprint density at radius 2 is 1.63 bits per heavy atom. The lowest BCUT2D eigenvalue weighted by Gasteiger charge is -2.21. The highest BCUT2D eigenvalue weighted by Gasteiger charge is 2.24. The second kappa shape index (κ2) is 8.01. The minimum atomic E-state index is -3.93. The van der Waals surface area contributed by atoms with E-state index in [0.29, 0.717) is 35.3 Å². The van der Waals surface area contributed by atoms with Gasteiger partial charge < -0.3 is 9.47 Å². The van der Waals surface area contributed by atoms with Gasteiger partial charge in [-0.2, -0.15) is 0 Å². The number of sulfonamides is 1. The van der Waals surface area contributed by atoms with Crippen LogP contribution >= 0.6 is 11.6 Å². The van der Waals surface area contributed by atoms with Crippen molar-refractivity contribution in [1.82, 2.24) is 0 Å². The molecule has 4 rings (SSSR count). The molecule has 30 heavy (non-hydrogen) atoms. The van der Waals surface area contributed by atoms with E-state index in [1.807, 2.05) is 6.92 Å². The number of benzene rings is 3. The van der Waals surface area contributed by atoms with Crippen molar-refractivity contribution < 1.29 is 22.7 Å². The lowest BCUT2D eigenvalue weighted by molar-refractivity contribution is 0.103. The second-order valence-electron chi connectivity index (χ2n) is 6.80. The molecule has 0 unspecified atom stereocenters. The quantitative estimate of drug-likeness (QED) is 0.589. The van der Waals surface area contributed by atoms with E-state index in [4.69, 9.17) is 21.1 Å². The van der Waals surface area contributed by atoms with E-state index in [2.05, 4.69) is 4.72 Å². The van der Waals surface area contributed by atoms with Gasteiger partial charge in [-0.3, -0.25) is 9.52 Å². The van der Waals surface area contributed by atoms with Crippen molar-refractivity contribution in [3.05, 3.63) is 82.4 Å². The second-order valence-corrected chi connectivity index (χ2v) is 8.92. The smallest absolute Gasteiger partial charge is 0.261 e. The number of carbonyl (C=O) groups excluding carboxylic acids is 1. The summed E-state index contributed by atoms with van der Waals surface area (Å²) >= 11 is 6.02. The van der Waals surface area contributed by atoms with Crippen molar-refractivity contribution in [1.29, 1.82) is 0 Å². The van der Waals surface area contributed by atoms with Crippen LogP contribution in [-0.2, 0) is 10.0 Å². The van der Waals surface area contributed by atoms with Crippen LogP contribution in [0.25, 0.3) is 0 Å². The maximum absolute atomic E-state index is 13.2. The lowest BCUT2D eigenvalue weighted by Crippen LogP contribution is -2.19. The molecule has 0 radical (unpaired) electrons. The Morgan fingerprint density at radius 3 is 2.30 bits per heavy atom. The highest BCUT2D eigenvalue weighted by atomic mass is 35.5. The van der Waals surface area contributed by atoms with E-state index in [9.17, 15) is 13.2 Å². The van der Waals surface area contributed by atoms with E-state index < -0.39 is 15.8 Å². The van der Waals surface area contributed by atoms with Gasteiger partial charge in [0, 0.05) is 16.7 Å². The Balaban J connectivity index is 1.79. The molecule has 1 heterocycles. The van der Waals surface area contributed by atoms with Crippen molar-refractivity contribution >= 4 is 33.1 Å². The molecule has 0 saturated heterocycles. The average molecular weight is 444 g/mol. The third-order valence-corrected chi connectivity index (χ3v) is 6.21. The molecule has 1 aliphatic rings. The standard InChI is InChI=1S/C22H18ClNO5S/c1-14-5-7-17(8-6-14)30(26,27)24-19-13-21-20(28-9-10-29-21)12-18(19)22(25)15-3-2-4-16(23)11-15/h2-8,11-13,24H,9-10H2,1H3. The SMILES string of the molecule is Cc1ccc(S(=O)(=O)Nc2cc3c(cc2C(=O)c2cccc(Cl)c2)OCCO3)cc1. The van der Waals surface area contributed by atoms with E-state index >= 15 is 0 Å². The number of halogens is 1. The van der Waals surface area contributed by atoms with Gasteiger partial charge in [0.2, 0.25) is 0 Å². The zero-order chi connectivity index (χ0) is 21.3. The number of carbonyl (C=O) groups is 1. The molecule has 0 atom stereocenters. The number of fused-ring (bicyclic) bond motifs is 1. The third-order valence-electron chi connectivity index (χ3n) is 4.59. The molecule has 0 aromatic heterocycles. The summed E-state index contributed by atoms with van der Waals surface area (Å²) in [5.74, 6) is 0.353. The van der Waals surface area contributed by atoms with Gasteiger partial charge >= 0.3 is 0 Å². The topological polar surface area (TPSA) is 81.7 Å². The summed E-state index contributed by atoms with van der Waals surface area (Å²) in [6, 6.07) is 15.8. The van der Waals surface area contributed by atoms with Crippen LogP contribution in [0.3, 0.4) is 0 Å². The number of ketones is 1. The predicted octanol–water partition coefficient (Wildman–Crippen LogP) is 4.45. The van der Waals surface area contributed by atoms with Gasteiger partial charge in [-0.25, -0.2) is 8.42 Å². The average Bonchev–Trinajstić information content (AvgIpc) is 2.73. The van der Waals surface area contributed by atoms with Crippen LogP contribution in [0.2, 0.25) is 5.02 Å². The van der Waals surface area contributed by atoms with Crippen molar-refractivity contribution in [3.63, 3.8) is 0 Å². The molecule has 0 bridgehead atoms. The van der Waals surface area contributed by atoms with Crippen LogP contribution in [-0.4, -0.2) is 27.4 Å². The Labute approximate surface area is 179 Å². The fourth-order valence-corrected chi connectivity index (χ4v) is 4.33. The van der Waals surface area contributed by atoms with E-state index in [-0.39, 0.29) is 16.1 Å². The minimum absolute atomic E-state index is 0.0872. The molecule has 1 aliphatic heterocycles. The molecule has 0 aliphatic carbocycles. The Hall–Kier alpha value is -3.03. The maximum Gasteiger partial charge on any atom is 0.261 e. The van der Waals surface area contributed by atoms with Crippen LogP contribution in [0.5, 0.6) is 11.5 Å². The van der Waals surface area contributed by atoms with Crippen LogP contribution in [0, 0.1) is 6.92 Å². The summed E-state index contributed by atoms with van der Waals surface area (Å²) in [5, 5.41) is 0.403. The van der Waals surface area contributed by atoms with Crippen molar-refractivity contribution in [2.75, 3.05) is 17.9 Å². The maximum atomic E-state index is 13.2. The van der Waals surface area contributed by atoms with Crippen molar-refractivity contribution in [3.8, 4) is 11.5 Å². The first-order valence-electron chi connectivity index (χ1n) is 9.17. The van der Waals surface area contributed by atoms with Gasteiger partial charge in [0.25, 0.3) is 10.0 Å². The molecule has 6 nitrogen and oxygen atoms in total. The zero-order valence-corrected chi connectivity index (χ0v) is 17.6. The molecule has 0 amide bonds. The lowest BCUT2D eigenvalue weighted by atomic mass is 10.0. The molecule has 1 N–H and O–H groups in total. The fraction of sp³-hybridized carbons (Fsp3) is 0.136. The van der Waals surface area contributed by atoms with Crippen molar-refractivity contribution in [2.24, 2.45) is 0 Å². The summed E-state index contributed by atoms with van der Waals surface area (Å²) in [6.07, 6.45) is 0. The van der Waals surface area contributed by atoms with E-state index in [1.165, 1.54) is 30.3 Å². The largest absolute Gasteiger partial charge is 0.486 e. The number of ether oxygens (including phenoxy) is 2. The van der Waals surface area contributed by atoms with Crippen molar-refractivity contribution in [2.45, 2.75) is 11.8 Å². The number of nitrogens with one attached hydrogen (secondary N) is 1. The molecular weight excluding hydrogens is 426 g/mol. The number of rotatable bonds is 5. The van der Waals surface area contributed by atoms with Gasteiger partial charge in [0.05, 0.1) is 16.1 Å². The summed E-state index contributed by atoms with van der Waals surface area (Å²) in [5.41, 5.74) is 1.50. The fourth-order valence-electron chi connectivity index (χ4n) is 3.07. The molecular formula is C22H18ClNO5S. The molecule has 0 saturated carbocycles. The number of hydrogen-bond donors (Lipinski definition) is 1. The monoisotopic (exact) mass is 443 g/mol. The summed E-state index contributed by atoms with van der Waals surface area (Å²) in [4.78, 5) is 13.3. The van der Waals surface area contributed by atoms with Crippen LogP contribution in [0.4, 0.5) is 5.69 Å². The van der Waals surface area contributed by atoms with Gasteiger partial charge in [-0.15, -0.1) is 0 Å². The Bertz CT molecular complexity index is 1220. The number of anilines is 1. The highest BCUT2D eigenvalue weighted by Crippen LogP contribution is 2.37. The Kier molecular flexibility index (Phi) is 5.40. The van der Waals surface area contributed by atoms with Gasteiger partial charge in [-0.05, 0) is 37.3 Å². The molecule has 3 aromatic rings. The molecule has 154 valence electrons. The van der Waals surface area contributed by atoms with Gasteiger partial charge in [0.1, 0.15) is 13.2 Å². The van der Waals surface area contributed by atoms with Crippen LogP contribution in [0.15, 0.2) is 65.6 Å². The van der Waals surface area contributed by atoms with E-state index in [1.54, 1.807) is 30.3 Å². The first-order valence-corrected chi connectivity index (χ1v) is 11.0. The van der Waals surface area contributed by atoms with E-state index in [0.717, 1.165) is 5.56 Å².